The van der Waals surface area contributed by atoms with Crippen LogP contribution in [0, 0.1) is 23.8 Å². The molecule has 0 spiro atoms. The average molecular weight is 411 g/mol. The van der Waals surface area contributed by atoms with Crippen LogP contribution in [0.4, 0.5) is 0 Å². The van der Waals surface area contributed by atoms with Crippen LogP contribution >= 0.6 is 11.6 Å². The number of likely N-dealkylation sites (tertiary alicyclic amines) is 1. The van der Waals surface area contributed by atoms with Crippen LogP contribution in [0.2, 0.25) is 5.15 Å². The van der Waals surface area contributed by atoms with Crippen molar-refractivity contribution < 1.29 is 9.59 Å². The predicted octanol–water partition coefficient (Wildman–Crippen LogP) is 3.58. The molecule has 2 atom stereocenters. The van der Waals surface area contributed by atoms with E-state index in [1.165, 1.54) is 5.56 Å². The summed E-state index contributed by atoms with van der Waals surface area (Å²) in [4.78, 5) is 30.9. The van der Waals surface area contributed by atoms with Crippen molar-refractivity contribution in [1.29, 1.82) is 0 Å². The number of hydrogen-bond donors (Lipinski definition) is 1. The van der Waals surface area contributed by atoms with E-state index in [0.29, 0.717) is 24.3 Å². The lowest BCUT2D eigenvalue weighted by atomic mass is 9.86. The zero-order chi connectivity index (χ0) is 20.8. The molecule has 5 nitrogen and oxygen atoms in total. The van der Waals surface area contributed by atoms with Gasteiger partial charge >= 0.3 is 0 Å². The zero-order valence-electron chi connectivity index (χ0n) is 16.9. The number of fused-ring (bicyclic) bond motifs is 1. The van der Waals surface area contributed by atoms with Gasteiger partial charge in [-0.2, -0.15) is 0 Å². The van der Waals surface area contributed by atoms with Crippen molar-refractivity contribution >= 4 is 23.4 Å². The van der Waals surface area contributed by atoms with Crippen LogP contribution < -0.4 is 5.32 Å². The first-order valence-corrected chi connectivity index (χ1v) is 10.3. The van der Waals surface area contributed by atoms with E-state index in [2.05, 4.69) is 37.1 Å². The molecular formula is C23H25ClN3O2. The van der Waals surface area contributed by atoms with Gasteiger partial charge in [-0.15, -0.1) is 0 Å². The highest BCUT2D eigenvalue weighted by Gasteiger charge is 2.56. The zero-order valence-corrected chi connectivity index (χ0v) is 17.7. The van der Waals surface area contributed by atoms with Crippen molar-refractivity contribution in [3.63, 3.8) is 0 Å². The first-order chi connectivity index (χ1) is 13.7. The molecule has 0 bridgehead atoms. The summed E-state index contributed by atoms with van der Waals surface area (Å²) in [5.41, 5.74) is 2.25. The fourth-order valence-electron chi connectivity index (χ4n) is 4.19. The van der Waals surface area contributed by atoms with E-state index in [9.17, 15) is 9.59 Å². The number of halogens is 1. The molecule has 2 amide bonds. The highest BCUT2D eigenvalue weighted by atomic mass is 35.5. The summed E-state index contributed by atoms with van der Waals surface area (Å²) >= 11 is 5.82. The van der Waals surface area contributed by atoms with Gasteiger partial charge in [0.25, 0.3) is 11.8 Å². The number of benzene rings is 1. The van der Waals surface area contributed by atoms with E-state index in [-0.39, 0.29) is 28.1 Å². The Morgan fingerprint density at radius 3 is 2.41 bits per heavy atom. The molecule has 1 aromatic carbocycles. The predicted molar refractivity (Wildman–Crippen MR) is 112 cm³/mol. The van der Waals surface area contributed by atoms with Crippen LogP contribution in [0.25, 0.3) is 0 Å². The fourth-order valence-corrected chi connectivity index (χ4v) is 4.34. The van der Waals surface area contributed by atoms with Crippen molar-refractivity contribution in [2.24, 2.45) is 17.8 Å². The van der Waals surface area contributed by atoms with Gasteiger partial charge < -0.3 is 10.2 Å². The number of nitrogens with zero attached hydrogens (tertiary/aromatic N) is 2. The second-order valence-corrected chi connectivity index (χ2v) is 9.39. The second kappa shape index (κ2) is 7.45. The van der Waals surface area contributed by atoms with Gasteiger partial charge in [-0.1, -0.05) is 44.5 Å². The van der Waals surface area contributed by atoms with Crippen LogP contribution in [0.1, 0.15) is 47.2 Å². The average Bonchev–Trinajstić information content (AvgIpc) is 3.14. The van der Waals surface area contributed by atoms with Gasteiger partial charge in [-0.05, 0) is 53.0 Å². The summed E-state index contributed by atoms with van der Waals surface area (Å²) in [6.07, 6.45) is 0. The summed E-state index contributed by atoms with van der Waals surface area (Å²) < 4.78 is 0. The monoisotopic (exact) mass is 410 g/mol. The van der Waals surface area contributed by atoms with Gasteiger partial charge in [-0.3, -0.25) is 9.59 Å². The smallest absolute Gasteiger partial charge is 0.270 e. The maximum Gasteiger partial charge on any atom is 0.270 e. The number of rotatable bonds is 4. The number of amides is 2. The fraction of sp³-hybridized carbons (Fsp3) is 0.435. The van der Waals surface area contributed by atoms with Crippen LogP contribution in [-0.4, -0.2) is 41.3 Å². The summed E-state index contributed by atoms with van der Waals surface area (Å²) in [6, 6.07) is 13.9. The summed E-state index contributed by atoms with van der Waals surface area (Å²) in [6.45, 7) is 8.60. The lowest BCUT2D eigenvalue weighted by molar-refractivity contribution is 0.0765. The molecule has 1 N–H and O–H groups in total. The molecule has 2 fully saturated rings. The quantitative estimate of drug-likeness (QED) is 0.783. The van der Waals surface area contributed by atoms with E-state index in [0.717, 1.165) is 18.7 Å². The maximum atomic E-state index is 12.8. The normalized spacial score (nSPS) is 22.9. The molecule has 1 saturated heterocycles. The van der Waals surface area contributed by atoms with Gasteiger partial charge in [0.2, 0.25) is 0 Å². The van der Waals surface area contributed by atoms with Crippen molar-refractivity contribution in [2.45, 2.75) is 26.2 Å². The second-order valence-electron chi connectivity index (χ2n) is 9.00. The molecule has 6 heteroatoms. The summed E-state index contributed by atoms with van der Waals surface area (Å²) in [5, 5.41) is 3.20. The Morgan fingerprint density at radius 1 is 1.17 bits per heavy atom. The van der Waals surface area contributed by atoms with Gasteiger partial charge in [0, 0.05) is 31.3 Å². The number of nitrogens with one attached hydrogen (secondary N) is 1. The summed E-state index contributed by atoms with van der Waals surface area (Å²) in [7, 11) is 0. The lowest BCUT2D eigenvalue weighted by Gasteiger charge is -2.22. The van der Waals surface area contributed by atoms with Crippen molar-refractivity contribution in [3.8, 4) is 0 Å². The Balaban J connectivity index is 1.28. The molecule has 1 aliphatic heterocycles. The van der Waals surface area contributed by atoms with Gasteiger partial charge in [0.05, 0.1) is 0 Å². The molecular weight excluding hydrogens is 386 g/mol. The molecule has 1 aromatic heterocycles. The van der Waals surface area contributed by atoms with Crippen LogP contribution in [-0.2, 0) is 5.41 Å². The number of hydrogen-bond acceptors (Lipinski definition) is 3. The number of carbonyl (C=O) groups is 2. The van der Waals surface area contributed by atoms with E-state index in [1.807, 2.05) is 29.2 Å². The minimum Gasteiger partial charge on any atom is -0.350 e. The van der Waals surface area contributed by atoms with E-state index >= 15 is 0 Å². The topological polar surface area (TPSA) is 62.3 Å². The molecule has 151 valence electrons. The van der Waals surface area contributed by atoms with Crippen LogP contribution in [0.3, 0.4) is 0 Å². The first-order valence-electron chi connectivity index (χ1n) is 9.96. The van der Waals surface area contributed by atoms with Crippen LogP contribution in [0.15, 0.2) is 36.4 Å². The first kappa shape index (κ1) is 19.9. The standard InChI is InChI=1S/C23H25ClN3O2/c1-23(2,3)15-9-7-14(8-10-15)22(29)27-12-17-16(18(17)13-27)11-25-21(28)19-5-4-6-20(24)26-19/h4,6-10,16-18H,11-13H2,1-3H3,(H,25,28). The highest BCUT2D eigenvalue weighted by molar-refractivity contribution is 6.29. The number of piperidine rings is 1. The van der Waals surface area contributed by atoms with E-state index in [1.54, 1.807) is 12.1 Å². The van der Waals surface area contributed by atoms with E-state index in [4.69, 9.17) is 11.6 Å². The molecule has 2 aliphatic rings. The third-order valence-electron chi connectivity index (χ3n) is 6.03. The molecule has 1 aliphatic carbocycles. The molecule has 1 radical (unpaired) electrons. The highest BCUT2D eigenvalue weighted by Crippen LogP contribution is 2.51. The minimum atomic E-state index is -0.260. The molecule has 2 aromatic rings. The SMILES string of the molecule is CC(C)(C)c1ccc(C(=O)N2CC3C(CNC(=O)c4[c]ccc(Cl)n4)C3C2)cc1. The van der Waals surface area contributed by atoms with Crippen LogP contribution in [0.5, 0.6) is 0 Å². The van der Waals surface area contributed by atoms with Gasteiger partial charge in [0.15, 0.2) is 0 Å². The van der Waals surface area contributed by atoms with Gasteiger partial charge in [0.1, 0.15) is 10.8 Å². The van der Waals surface area contributed by atoms with Gasteiger partial charge in [-0.25, -0.2) is 4.98 Å². The Morgan fingerprint density at radius 2 is 1.83 bits per heavy atom. The van der Waals surface area contributed by atoms with E-state index < -0.39 is 0 Å². The molecule has 2 heterocycles. The summed E-state index contributed by atoms with van der Waals surface area (Å²) in [5.74, 6) is 1.18. The van der Waals surface area contributed by atoms with Crippen molar-refractivity contribution in [1.82, 2.24) is 15.2 Å². The number of pyridine rings is 1. The molecule has 2 unspecified atom stereocenters. The van der Waals surface area contributed by atoms with Crippen molar-refractivity contribution in [3.05, 3.63) is 64.4 Å². The lowest BCUT2D eigenvalue weighted by Crippen LogP contribution is -2.34. The van der Waals surface area contributed by atoms with Crippen molar-refractivity contribution in [2.75, 3.05) is 19.6 Å². The third-order valence-corrected chi connectivity index (χ3v) is 6.24. The Labute approximate surface area is 176 Å². The molecule has 4 rings (SSSR count). The minimum absolute atomic E-state index is 0.0763. The molecule has 29 heavy (non-hydrogen) atoms. The Hall–Kier alpha value is -2.40. The Bertz CT molecular complexity index is 924. The largest absolute Gasteiger partial charge is 0.350 e. The maximum absolute atomic E-state index is 12.8. The number of aromatic nitrogens is 1. The Kier molecular flexibility index (Phi) is 5.11. The number of carbonyl (C=O) groups excluding carboxylic acids is 2. The third kappa shape index (κ3) is 4.15. The molecule has 1 saturated carbocycles.